The molecule has 80 valence electrons. The first-order valence-corrected chi connectivity index (χ1v) is 6.22. The molecule has 6 heteroatoms. The van der Waals surface area contributed by atoms with Crippen molar-refractivity contribution in [3.63, 3.8) is 0 Å². The van der Waals surface area contributed by atoms with E-state index in [1.165, 1.54) is 6.20 Å². The largest absolute Gasteiger partial charge is 0.308 e. The highest BCUT2D eigenvalue weighted by atomic mass is 127. The van der Waals surface area contributed by atoms with Crippen LogP contribution in [0.4, 0.5) is 5.69 Å². The molecular weight excluding hydrogens is 350 g/mol. The van der Waals surface area contributed by atoms with Crippen molar-refractivity contribution in [3.8, 4) is 0 Å². The standard InChI is InChI=1S/C9H7Cl2IN2O/c10-5-1-8(15)14(4-5)9-6(11)2-13-3-7(9)12/h2-3,5H,1,4H2. The van der Waals surface area contributed by atoms with Gasteiger partial charge in [0.15, 0.2) is 0 Å². The van der Waals surface area contributed by atoms with Gasteiger partial charge in [0.25, 0.3) is 0 Å². The fraction of sp³-hybridized carbons (Fsp3) is 0.333. The minimum atomic E-state index is -0.127. The van der Waals surface area contributed by atoms with E-state index in [9.17, 15) is 4.79 Å². The van der Waals surface area contributed by atoms with E-state index in [-0.39, 0.29) is 11.3 Å². The van der Waals surface area contributed by atoms with Crippen LogP contribution in [0.15, 0.2) is 12.4 Å². The van der Waals surface area contributed by atoms with Crippen molar-refractivity contribution < 1.29 is 4.79 Å². The molecule has 1 aliphatic heterocycles. The van der Waals surface area contributed by atoms with E-state index < -0.39 is 0 Å². The average molecular weight is 357 g/mol. The molecule has 1 unspecified atom stereocenters. The SMILES string of the molecule is O=C1CC(Cl)CN1c1c(Cl)cncc1I. The van der Waals surface area contributed by atoms with Crippen molar-refractivity contribution >= 4 is 57.4 Å². The Kier molecular flexibility index (Phi) is 3.37. The first-order valence-electron chi connectivity index (χ1n) is 4.33. The summed E-state index contributed by atoms with van der Waals surface area (Å²) >= 11 is 14.1. The van der Waals surface area contributed by atoms with Gasteiger partial charge in [-0.05, 0) is 22.6 Å². The van der Waals surface area contributed by atoms with Gasteiger partial charge in [-0.25, -0.2) is 0 Å². The number of alkyl halides is 1. The smallest absolute Gasteiger partial charge is 0.228 e. The molecule has 1 atom stereocenters. The Labute approximate surface area is 111 Å². The maximum absolute atomic E-state index is 11.6. The van der Waals surface area contributed by atoms with Crippen LogP contribution in [0.25, 0.3) is 0 Å². The summed E-state index contributed by atoms with van der Waals surface area (Å²) in [5.41, 5.74) is 0.723. The van der Waals surface area contributed by atoms with Crippen molar-refractivity contribution in [1.29, 1.82) is 0 Å². The Morgan fingerprint density at radius 2 is 2.27 bits per heavy atom. The van der Waals surface area contributed by atoms with Gasteiger partial charge in [0.05, 0.1) is 19.7 Å². The number of aromatic nitrogens is 1. The number of amides is 1. The molecule has 1 amide bonds. The maximum atomic E-state index is 11.6. The third kappa shape index (κ3) is 2.21. The van der Waals surface area contributed by atoms with Crippen LogP contribution in [0.5, 0.6) is 0 Å². The van der Waals surface area contributed by atoms with E-state index in [0.29, 0.717) is 18.0 Å². The van der Waals surface area contributed by atoms with Crippen LogP contribution >= 0.6 is 45.8 Å². The van der Waals surface area contributed by atoms with Crippen LogP contribution < -0.4 is 4.90 Å². The summed E-state index contributed by atoms with van der Waals surface area (Å²) in [5, 5.41) is 0.360. The molecule has 15 heavy (non-hydrogen) atoms. The summed E-state index contributed by atoms with van der Waals surface area (Å²) in [6.45, 7) is 0.514. The number of halogens is 3. The summed E-state index contributed by atoms with van der Waals surface area (Å²) in [6, 6.07) is 0. The first kappa shape index (κ1) is 11.4. The van der Waals surface area contributed by atoms with Gasteiger partial charge in [0.1, 0.15) is 0 Å². The van der Waals surface area contributed by atoms with E-state index in [1.54, 1.807) is 11.1 Å². The third-order valence-corrected chi connectivity index (χ3v) is 3.53. The lowest BCUT2D eigenvalue weighted by molar-refractivity contribution is -0.117. The lowest BCUT2D eigenvalue weighted by atomic mass is 10.3. The van der Waals surface area contributed by atoms with Crippen LogP contribution in [0.1, 0.15) is 6.42 Å². The van der Waals surface area contributed by atoms with Crippen LogP contribution in [0.3, 0.4) is 0 Å². The Morgan fingerprint density at radius 1 is 1.53 bits per heavy atom. The molecule has 1 saturated heterocycles. The molecule has 1 aromatic heterocycles. The highest BCUT2D eigenvalue weighted by Crippen LogP contribution is 2.33. The molecule has 0 N–H and O–H groups in total. The second kappa shape index (κ2) is 4.43. The monoisotopic (exact) mass is 356 g/mol. The predicted molar refractivity (Wildman–Crippen MR) is 68.6 cm³/mol. The number of carbonyl (C=O) groups is 1. The number of hydrogen-bond acceptors (Lipinski definition) is 2. The third-order valence-electron chi connectivity index (χ3n) is 2.18. The fourth-order valence-corrected chi connectivity index (χ4v) is 2.97. The van der Waals surface area contributed by atoms with Gasteiger partial charge in [0, 0.05) is 25.4 Å². The fourth-order valence-electron chi connectivity index (χ4n) is 1.54. The molecule has 1 fully saturated rings. The van der Waals surface area contributed by atoms with Gasteiger partial charge in [-0.2, -0.15) is 0 Å². The number of carbonyl (C=O) groups excluding carboxylic acids is 1. The lowest BCUT2D eigenvalue weighted by Gasteiger charge is -2.18. The minimum absolute atomic E-state index is 0.0148. The molecule has 0 bridgehead atoms. The molecule has 1 aliphatic rings. The molecule has 2 rings (SSSR count). The van der Waals surface area contributed by atoms with Crippen molar-refractivity contribution in [1.82, 2.24) is 4.98 Å². The molecule has 0 aliphatic carbocycles. The van der Waals surface area contributed by atoms with Crippen LogP contribution in [0, 0.1) is 3.57 Å². The Bertz CT molecular complexity index is 393. The van der Waals surface area contributed by atoms with Crippen LogP contribution in [-0.4, -0.2) is 22.8 Å². The zero-order valence-electron chi connectivity index (χ0n) is 7.58. The highest BCUT2D eigenvalue weighted by molar-refractivity contribution is 14.1. The van der Waals surface area contributed by atoms with Gasteiger partial charge in [-0.15, -0.1) is 11.6 Å². The maximum Gasteiger partial charge on any atom is 0.228 e. The lowest BCUT2D eigenvalue weighted by Crippen LogP contribution is -2.25. The van der Waals surface area contributed by atoms with Gasteiger partial charge < -0.3 is 4.90 Å². The number of pyridine rings is 1. The van der Waals surface area contributed by atoms with Gasteiger partial charge in [-0.3, -0.25) is 9.78 Å². The highest BCUT2D eigenvalue weighted by Gasteiger charge is 2.31. The van der Waals surface area contributed by atoms with Gasteiger partial charge >= 0.3 is 0 Å². The molecule has 0 radical (unpaired) electrons. The van der Waals surface area contributed by atoms with E-state index >= 15 is 0 Å². The molecule has 3 nitrogen and oxygen atoms in total. The quantitative estimate of drug-likeness (QED) is 0.572. The minimum Gasteiger partial charge on any atom is -0.308 e. The van der Waals surface area contributed by atoms with Crippen LogP contribution in [0.2, 0.25) is 5.02 Å². The van der Waals surface area contributed by atoms with E-state index in [2.05, 4.69) is 27.6 Å². The summed E-state index contributed by atoms with van der Waals surface area (Å²) in [4.78, 5) is 17.2. The average Bonchev–Trinajstić information content (AvgIpc) is 2.45. The van der Waals surface area contributed by atoms with E-state index in [1.807, 2.05) is 0 Å². The van der Waals surface area contributed by atoms with Gasteiger partial charge in [-0.1, -0.05) is 11.6 Å². The molecular formula is C9H7Cl2IN2O. The molecule has 0 spiro atoms. The van der Waals surface area contributed by atoms with Crippen molar-refractivity contribution in [2.24, 2.45) is 0 Å². The molecule has 0 aromatic carbocycles. The number of anilines is 1. The summed E-state index contributed by atoms with van der Waals surface area (Å²) in [7, 11) is 0. The normalized spacial score (nSPS) is 21.1. The molecule has 0 saturated carbocycles. The van der Waals surface area contributed by atoms with Crippen molar-refractivity contribution in [2.45, 2.75) is 11.8 Å². The zero-order valence-corrected chi connectivity index (χ0v) is 11.3. The summed E-state index contributed by atoms with van der Waals surface area (Å²) in [6.07, 6.45) is 3.58. The first-order chi connectivity index (χ1) is 7.09. The predicted octanol–water partition coefficient (Wildman–Crippen LogP) is 2.68. The summed E-state index contributed by atoms with van der Waals surface area (Å²) in [5.74, 6) is 0.0148. The number of hydrogen-bond donors (Lipinski definition) is 0. The molecule has 2 heterocycles. The van der Waals surface area contributed by atoms with Crippen molar-refractivity contribution in [2.75, 3.05) is 11.4 Å². The van der Waals surface area contributed by atoms with Crippen LogP contribution in [-0.2, 0) is 4.79 Å². The molecule has 1 aromatic rings. The van der Waals surface area contributed by atoms with E-state index in [4.69, 9.17) is 23.2 Å². The Morgan fingerprint density at radius 3 is 2.80 bits per heavy atom. The second-order valence-corrected chi connectivity index (χ2v) is 5.44. The number of nitrogens with zero attached hydrogens (tertiary/aromatic N) is 2. The Hall–Kier alpha value is -0.0700. The summed E-state index contributed by atoms with van der Waals surface area (Å²) < 4.78 is 0.860. The zero-order chi connectivity index (χ0) is 11.0. The van der Waals surface area contributed by atoms with Gasteiger partial charge in [0.2, 0.25) is 5.91 Å². The second-order valence-electron chi connectivity index (χ2n) is 3.26. The van der Waals surface area contributed by atoms with Crippen molar-refractivity contribution in [3.05, 3.63) is 21.0 Å². The van der Waals surface area contributed by atoms with E-state index in [0.717, 1.165) is 9.26 Å². The Balaban J connectivity index is 2.41. The topological polar surface area (TPSA) is 33.2 Å². The number of rotatable bonds is 1.